The van der Waals surface area contributed by atoms with E-state index in [9.17, 15) is 9.59 Å². The molecule has 0 bridgehead atoms. The summed E-state index contributed by atoms with van der Waals surface area (Å²) in [6, 6.07) is 6.30. The lowest BCUT2D eigenvalue weighted by Gasteiger charge is -2.19. The predicted molar refractivity (Wildman–Crippen MR) is 71.8 cm³/mol. The monoisotopic (exact) mass is 276 g/mol. The number of imide groups is 1. The van der Waals surface area contributed by atoms with Gasteiger partial charge in [0.1, 0.15) is 11.8 Å². The average molecular weight is 276 g/mol. The lowest BCUT2D eigenvalue weighted by atomic mass is 10.2. The molecule has 20 heavy (non-hydrogen) atoms. The minimum absolute atomic E-state index is 0.0623. The Morgan fingerprint density at radius 3 is 2.60 bits per heavy atom. The van der Waals surface area contributed by atoms with Crippen molar-refractivity contribution in [3.8, 4) is 5.75 Å². The summed E-state index contributed by atoms with van der Waals surface area (Å²) in [6.07, 6.45) is 0.486. The Labute approximate surface area is 116 Å². The van der Waals surface area contributed by atoms with Crippen LogP contribution in [0.3, 0.4) is 0 Å². The number of amides is 3. The zero-order valence-corrected chi connectivity index (χ0v) is 11.4. The second kappa shape index (κ2) is 4.79. The molecule has 2 unspecified atom stereocenters. The number of ether oxygens (including phenoxy) is 2. The molecule has 2 heterocycles. The van der Waals surface area contributed by atoms with E-state index < -0.39 is 6.04 Å². The normalized spacial score (nSPS) is 25.3. The van der Waals surface area contributed by atoms with E-state index in [1.807, 2.05) is 0 Å². The standard InChI is InChI=1S/C14H16N2O4/c1-19-9-7-11-13(17)16(14(18)15(11)8-9)10-5-3-4-6-12(10)20-2/h3-6,9,11H,7-8H2,1-2H3. The largest absolute Gasteiger partial charge is 0.495 e. The van der Waals surface area contributed by atoms with Crippen molar-refractivity contribution in [2.45, 2.75) is 18.6 Å². The van der Waals surface area contributed by atoms with Gasteiger partial charge in [-0.1, -0.05) is 12.1 Å². The first-order valence-corrected chi connectivity index (χ1v) is 6.47. The highest BCUT2D eigenvalue weighted by molar-refractivity contribution is 6.22. The second-order valence-corrected chi connectivity index (χ2v) is 4.89. The van der Waals surface area contributed by atoms with Crippen LogP contribution in [0, 0.1) is 0 Å². The number of anilines is 1. The molecular formula is C14H16N2O4. The molecule has 0 spiro atoms. The van der Waals surface area contributed by atoms with Gasteiger partial charge in [0, 0.05) is 20.1 Å². The molecule has 3 rings (SSSR count). The van der Waals surface area contributed by atoms with Crippen LogP contribution >= 0.6 is 0 Å². The number of nitrogens with zero attached hydrogens (tertiary/aromatic N) is 2. The van der Waals surface area contributed by atoms with Crippen LogP contribution in [-0.2, 0) is 9.53 Å². The quantitative estimate of drug-likeness (QED) is 0.780. The molecule has 2 saturated heterocycles. The number of methoxy groups -OCH3 is 2. The maximum absolute atomic E-state index is 12.5. The molecule has 0 saturated carbocycles. The predicted octanol–water partition coefficient (Wildman–Crippen LogP) is 1.25. The van der Waals surface area contributed by atoms with Gasteiger partial charge < -0.3 is 14.4 Å². The average Bonchev–Trinajstić information content (AvgIpc) is 3.00. The highest BCUT2D eigenvalue weighted by Gasteiger charge is 2.51. The van der Waals surface area contributed by atoms with Gasteiger partial charge in [-0.15, -0.1) is 0 Å². The van der Waals surface area contributed by atoms with Gasteiger partial charge in [-0.05, 0) is 12.1 Å². The summed E-state index contributed by atoms with van der Waals surface area (Å²) in [5.41, 5.74) is 0.494. The topological polar surface area (TPSA) is 59.1 Å². The van der Waals surface area contributed by atoms with Crippen molar-refractivity contribution >= 4 is 17.6 Å². The van der Waals surface area contributed by atoms with E-state index in [1.165, 1.54) is 12.0 Å². The van der Waals surface area contributed by atoms with Crippen molar-refractivity contribution in [2.75, 3.05) is 25.7 Å². The lowest BCUT2D eigenvalue weighted by molar-refractivity contribution is -0.119. The molecule has 0 radical (unpaired) electrons. The third-order valence-corrected chi connectivity index (χ3v) is 3.86. The number of hydrogen-bond acceptors (Lipinski definition) is 4. The van der Waals surface area contributed by atoms with Crippen molar-refractivity contribution in [3.05, 3.63) is 24.3 Å². The van der Waals surface area contributed by atoms with Crippen molar-refractivity contribution in [1.29, 1.82) is 0 Å². The number of carbonyl (C=O) groups is 2. The first-order chi connectivity index (χ1) is 9.67. The molecule has 1 aromatic rings. The molecule has 106 valence electrons. The first-order valence-electron chi connectivity index (χ1n) is 6.47. The molecule has 6 nitrogen and oxygen atoms in total. The number of para-hydroxylation sites is 2. The molecule has 3 amide bonds. The summed E-state index contributed by atoms with van der Waals surface area (Å²) in [7, 11) is 3.12. The summed E-state index contributed by atoms with van der Waals surface area (Å²) in [5.74, 6) is 0.303. The van der Waals surface area contributed by atoms with Crippen LogP contribution in [0.1, 0.15) is 6.42 Å². The number of carbonyl (C=O) groups excluding carboxylic acids is 2. The Kier molecular flexibility index (Phi) is 3.10. The van der Waals surface area contributed by atoms with E-state index in [-0.39, 0.29) is 18.0 Å². The fourth-order valence-corrected chi connectivity index (χ4v) is 2.82. The van der Waals surface area contributed by atoms with Gasteiger partial charge in [0.05, 0.1) is 18.9 Å². The molecule has 6 heteroatoms. The summed E-state index contributed by atoms with van der Waals surface area (Å²) < 4.78 is 10.5. The van der Waals surface area contributed by atoms with Crippen LogP contribution in [-0.4, -0.2) is 49.7 Å². The van der Waals surface area contributed by atoms with Crippen LogP contribution in [0.4, 0.5) is 10.5 Å². The molecule has 2 aliphatic heterocycles. The van der Waals surface area contributed by atoms with E-state index in [2.05, 4.69) is 0 Å². The third-order valence-electron chi connectivity index (χ3n) is 3.86. The van der Waals surface area contributed by atoms with Crippen LogP contribution in [0.25, 0.3) is 0 Å². The van der Waals surface area contributed by atoms with E-state index in [1.54, 1.807) is 36.3 Å². The number of urea groups is 1. The summed E-state index contributed by atoms with van der Waals surface area (Å²) in [6.45, 7) is 0.456. The Morgan fingerprint density at radius 1 is 1.20 bits per heavy atom. The van der Waals surface area contributed by atoms with E-state index >= 15 is 0 Å². The number of fused-ring (bicyclic) bond motifs is 1. The van der Waals surface area contributed by atoms with Gasteiger partial charge >= 0.3 is 6.03 Å². The van der Waals surface area contributed by atoms with Crippen LogP contribution in [0.15, 0.2) is 24.3 Å². The minimum Gasteiger partial charge on any atom is -0.495 e. The molecule has 1 aromatic carbocycles. The van der Waals surface area contributed by atoms with Crippen LogP contribution in [0.5, 0.6) is 5.75 Å². The van der Waals surface area contributed by atoms with Crippen molar-refractivity contribution < 1.29 is 19.1 Å². The second-order valence-electron chi connectivity index (χ2n) is 4.89. The van der Waals surface area contributed by atoms with Gasteiger partial charge in [-0.3, -0.25) is 4.79 Å². The number of rotatable bonds is 3. The molecule has 2 fully saturated rings. The zero-order chi connectivity index (χ0) is 14.3. The van der Waals surface area contributed by atoms with E-state index in [0.717, 1.165) is 0 Å². The minimum atomic E-state index is -0.419. The van der Waals surface area contributed by atoms with Gasteiger partial charge in [0.25, 0.3) is 5.91 Å². The maximum Gasteiger partial charge on any atom is 0.332 e. The van der Waals surface area contributed by atoms with E-state index in [0.29, 0.717) is 24.4 Å². The van der Waals surface area contributed by atoms with Gasteiger partial charge in [-0.2, -0.15) is 0 Å². The van der Waals surface area contributed by atoms with Gasteiger partial charge in [0.2, 0.25) is 0 Å². The summed E-state index contributed by atoms with van der Waals surface area (Å²) in [5, 5.41) is 0. The lowest BCUT2D eigenvalue weighted by Crippen LogP contribution is -2.35. The highest BCUT2D eigenvalue weighted by atomic mass is 16.5. The van der Waals surface area contributed by atoms with Crippen molar-refractivity contribution in [2.24, 2.45) is 0 Å². The van der Waals surface area contributed by atoms with Gasteiger partial charge in [-0.25, -0.2) is 9.69 Å². The molecule has 0 aromatic heterocycles. The molecule has 0 aliphatic carbocycles. The van der Waals surface area contributed by atoms with Crippen molar-refractivity contribution in [1.82, 2.24) is 4.90 Å². The Bertz CT molecular complexity index is 536. The third kappa shape index (κ3) is 1.76. The number of hydrogen-bond donors (Lipinski definition) is 0. The summed E-state index contributed by atoms with van der Waals surface area (Å²) in [4.78, 5) is 27.7. The molecule has 2 atom stereocenters. The van der Waals surface area contributed by atoms with Crippen LogP contribution < -0.4 is 9.64 Å². The van der Waals surface area contributed by atoms with Crippen molar-refractivity contribution in [3.63, 3.8) is 0 Å². The Balaban J connectivity index is 1.94. The SMILES string of the molecule is COc1ccccc1N1C(=O)C2CC(OC)CN2C1=O. The summed E-state index contributed by atoms with van der Waals surface area (Å²) >= 11 is 0. The zero-order valence-electron chi connectivity index (χ0n) is 11.4. The number of benzene rings is 1. The van der Waals surface area contributed by atoms with E-state index in [4.69, 9.17) is 9.47 Å². The smallest absolute Gasteiger partial charge is 0.332 e. The first kappa shape index (κ1) is 12.9. The fraction of sp³-hybridized carbons (Fsp3) is 0.429. The van der Waals surface area contributed by atoms with Gasteiger partial charge in [0.15, 0.2) is 0 Å². The highest BCUT2D eigenvalue weighted by Crippen LogP contribution is 2.36. The maximum atomic E-state index is 12.5. The fourth-order valence-electron chi connectivity index (χ4n) is 2.82. The molecule has 0 N–H and O–H groups in total. The Hall–Kier alpha value is -2.08. The Morgan fingerprint density at radius 2 is 1.95 bits per heavy atom. The molecular weight excluding hydrogens is 260 g/mol. The van der Waals surface area contributed by atoms with Crippen LogP contribution in [0.2, 0.25) is 0 Å². The molecule has 2 aliphatic rings.